The first kappa shape index (κ1) is 21.2. The molecule has 2 N–H and O–H groups in total. The summed E-state index contributed by atoms with van der Waals surface area (Å²) < 4.78 is 28.9. The number of nitrogens with zero attached hydrogens (tertiary/aromatic N) is 1. The van der Waals surface area contributed by atoms with Gasteiger partial charge in [0.25, 0.3) is 0 Å². The lowest BCUT2D eigenvalue weighted by Gasteiger charge is -2.27. The zero-order valence-corrected chi connectivity index (χ0v) is 16.7. The molecule has 150 valence electrons. The van der Waals surface area contributed by atoms with Gasteiger partial charge in [-0.2, -0.15) is 0 Å². The molecule has 1 fully saturated rings. The first-order valence-electron chi connectivity index (χ1n) is 8.86. The van der Waals surface area contributed by atoms with Crippen LogP contribution in [0.2, 0.25) is 0 Å². The number of carbonyl (C=O) groups is 2. The molecule has 27 heavy (non-hydrogen) atoms. The third-order valence-corrected chi connectivity index (χ3v) is 6.04. The van der Waals surface area contributed by atoms with Gasteiger partial charge in [0.1, 0.15) is 5.75 Å². The van der Waals surface area contributed by atoms with Crippen LogP contribution in [0.1, 0.15) is 25.8 Å². The Balaban J connectivity index is 2.07. The lowest BCUT2D eigenvalue weighted by atomic mass is 10.1. The Morgan fingerprint density at radius 1 is 1.26 bits per heavy atom. The molecular formula is C18H27N3O5S. The smallest absolute Gasteiger partial charge is 0.321 e. The molecule has 0 radical (unpaired) electrons. The van der Waals surface area contributed by atoms with Crippen molar-refractivity contribution in [3.63, 3.8) is 0 Å². The second kappa shape index (κ2) is 9.18. The fourth-order valence-corrected chi connectivity index (χ4v) is 4.75. The summed E-state index contributed by atoms with van der Waals surface area (Å²) in [6.07, 6.45) is 0.476. The first-order valence-corrected chi connectivity index (χ1v) is 10.7. The maximum Gasteiger partial charge on any atom is 0.321 e. The fourth-order valence-electron chi connectivity index (χ4n) is 2.99. The molecule has 2 rings (SSSR count). The van der Waals surface area contributed by atoms with E-state index in [0.717, 1.165) is 11.3 Å². The first-order chi connectivity index (χ1) is 12.7. The second-order valence-electron chi connectivity index (χ2n) is 6.99. The largest absolute Gasteiger partial charge is 0.497 e. The molecule has 1 aromatic rings. The second-order valence-corrected chi connectivity index (χ2v) is 9.21. The van der Waals surface area contributed by atoms with Crippen molar-refractivity contribution in [1.29, 1.82) is 0 Å². The minimum Gasteiger partial charge on any atom is -0.497 e. The topological polar surface area (TPSA) is 105 Å². The van der Waals surface area contributed by atoms with E-state index in [1.54, 1.807) is 21.0 Å². The number of amides is 3. The van der Waals surface area contributed by atoms with Gasteiger partial charge >= 0.3 is 6.03 Å². The number of ether oxygens (including phenoxy) is 1. The van der Waals surface area contributed by atoms with E-state index in [0.29, 0.717) is 13.0 Å². The maximum atomic E-state index is 12.3. The van der Waals surface area contributed by atoms with Gasteiger partial charge in [-0.25, -0.2) is 13.2 Å². The number of hydrogen-bond acceptors (Lipinski definition) is 6. The Hall–Kier alpha value is -2.13. The molecular weight excluding hydrogens is 370 g/mol. The quantitative estimate of drug-likeness (QED) is 0.709. The number of nitrogens with one attached hydrogen (secondary N) is 2. The molecule has 1 aliphatic rings. The molecule has 3 amide bonds. The van der Waals surface area contributed by atoms with E-state index >= 15 is 0 Å². The Kier molecular flexibility index (Phi) is 7.20. The lowest BCUT2D eigenvalue weighted by Crippen LogP contribution is -2.48. The summed E-state index contributed by atoms with van der Waals surface area (Å²) in [6.45, 7) is 3.94. The summed E-state index contributed by atoms with van der Waals surface area (Å²) in [5.41, 5.74) is 0.930. The number of methoxy groups -OCH3 is 1. The van der Waals surface area contributed by atoms with Crippen LogP contribution in [0.5, 0.6) is 5.75 Å². The van der Waals surface area contributed by atoms with Crippen LogP contribution < -0.4 is 15.4 Å². The van der Waals surface area contributed by atoms with E-state index < -0.39 is 21.8 Å². The van der Waals surface area contributed by atoms with Gasteiger partial charge in [0.2, 0.25) is 5.91 Å². The summed E-state index contributed by atoms with van der Waals surface area (Å²) in [5.74, 6) is 0.392. The molecule has 0 saturated carbocycles. The number of sulfone groups is 1. The average Bonchev–Trinajstić information content (AvgIpc) is 2.94. The van der Waals surface area contributed by atoms with E-state index in [4.69, 9.17) is 4.74 Å². The molecule has 0 bridgehead atoms. The molecule has 1 saturated heterocycles. The number of benzene rings is 1. The zero-order chi connectivity index (χ0) is 20.0. The highest BCUT2D eigenvalue weighted by atomic mass is 32.2. The number of carbonyl (C=O) groups excluding carboxylic acids is 2. The van der Waals surface area contributed by atoms with Gasteiger partial charge in [-0.1, -0.05) is 12.1 Å². The van der Waals surface area contributed by atoms with Gasteiger partial charge in [-0.15, -0.1) is 0 Å². The van der Waals surface area contributed by atoms with Gasteiger partial charge < -0.3 is 10.1 Å². The Morgan fingerprint density at radius 3 is 2.44 bits per heavy atom. The van der Waals surface area contributed by atoms with Crippen LogP contribution in [0, 0.1) is 0 Å². The van der Waals surface area contributed by atoms with E-state index in [9.17, 15) is 18.0 Å². The minimum atomic E-state index is -3.09. The van der Waals surface area contributed by atoms with Crippen molar-refractivity contribution >= 4 is 21.8 Å². The van der Waals surface area contributed by atoms with Gasteiger partial charge in [0, 0.05) is 18.6 Å². The average molecular weight is 397 g/mol. The standard InChI is InChI=1S/C18H27N3O5S/c1-13(2)19-18(23)20-17(22)11-21(15-8-9-27(24,25)12-15)10-14-4-6-16(26-3)7-5-14/h4-7,13,15H,8-12H2,1-3H3,(H2,19,20,22,23). The number of rotatable bonds is 7. The fraction of sp³-hybridized carbons (Fsp3) is 0.556. The molecule has 8 nitrogen and oxygen atoms in total. The van der Waals surface area contributed by atoms with Crippen molar-refractivity contribution in [1.82, 2.24) is 15.5 Å². The summed E-state index contributed by atoms with van der Waals surface area (Å²) in [6, 6.07) is 6.48. The monoisotopic (exact) mass is 397 g/mol. The third kappa shape index (κ3) is 6.84. The van der Waals surface area contributed by atoms with Crippen molar-refractivity contribution in [2.75, 3.05) is 25.2 Å². The van der Waals surface area contributed by atoms with Gasteiger partial charge in [0.15, 0.2) is 9.84 Å². The van der Waals surface area contributed by atoms with E-state index in [1.165, 1.54) is 0 Å². The highest BCUT2D eigenvalue weighted by Gasteiger charge is 2.33. The van der Waals surface area contributed by atoms with Crippen LogP contribution in [0.25, 0.3) is 0 Å². The Bertz CT molecular complexity index is 762. The molecule has 0 spiro atoms. The molecule has 1 aromatic carbocycles. The summed E-state index contributed by atoms with van der Waals surface area (Å²) in [7, 11) is -1.51. The summed E-state index contributed by atoms with van der Waals surface area (Å²) >= 11 is 0. The summed E-state index contributed by atoms with van der Waals surface area (Å²) in [5, 5.41) is 4.88. The van der Waals surface area contributed by atoms with Crippen LogP contribution in [0.15, 0.2) is 24.3 Å². The van der Waals surface area contributed by atoms with Gasteiger partial charge in [-0.3, -0.25) is 15.0 Å². The van der Waals surface area contributed by atoms with Crippen LogP contribution in [-0.4, -0.2) is 62.5 Å². The lowest BCUT2D eigenvalue weighted by molar-refractivity contribution is -0.121. The number of urea groups is 1. The molecule has 9 heteroatoms. The SMILES string of the molecule is COc1ccc(CN(CC(=O)NC(=O)NC(C)C)C2CCS(=O)(=O)C2)cc1. The van der Waals surface area contributed by atoms with Crippen molar-refractivity contribution in [2.45, 2.75) is 38.9 Å². The number of imide groups is 1. The minimum absolute atomic E-state index is 0.0224. The van der Waals surface area contributed by atoms with Crippen LogP contribution >= 0.6 is 0 Å². The Labute approximate surface area is 160 Å². The normalized spacial score (nSPS) is 18.5. The van der Waals surface area contributed by atoms with Crippen LogP contribution in [0.3, 0.4) is 0 Å². The zero-order valence-electron chi connectivity index (χ0n) is 15.9. The molecule has 0 aliphatic carbocycles. The number of hydrogen-bond donors (Lipinski definition) is 2. The molecule has 1 atom stereocenters. The summed E-state index contributed by atoms with van der Waals surface area (Å²) in [4.78, 5) is 25.8. The predicted molar refractivity (Wildman–Crippen MR) is 102 cm³/mol. The van der Waals surface area contributed by atoms with Gasteiger partial charge in [-0.05, 0) is 38.0 Å². The highest BCUT2D eigenvalue weighted by molar-refractivity contribution is 7.91. The van der Waals surface area contributed by atoms with Crippen molar-refractivity contribution in [3.05, 3.63) is 29.8 Å². The molecule has 0 aromatic heterocycles. The van der Waals surface area contributed by atoms with Crippen molar-refractivity contribution in [3.8, 4) is 5.75 Å². The van der Waals surface area contributed by atoms with E-state index in [-0.39, 0.29) is 30.1 Å². The van der Waals surface area contributed by atoms with E-state index in [1.807, 2.05) is 29.2 Å². The maximum absolute atomic E-state index is 12.3. The predicted octanol–water partition coefficient (Wildman–Crippen LogP) is 0.919. The molecule has 1 heterocycles. The highest BCUT2D eigenvalue weighted by Crippen LogP contribution is 2.21. The van der Waals surface area contributed by atoms with Crippen LogP contribution in [-0.2, 0) is 21.2 Å². The van der Waals surface area contributed by atoms with Gasteiger partial charge in [0.05, 0.1) is 25.2 Å². The third-order valence-electron chi connectivity index (χ3n) is 4.29. The van der Waals surface area contributed by atoms with Crippen molar-refractivity contribution in [2.24, 2.45) is 0 Å². The van der Waals surface area contributed by atoms with Crippen molar-refractivity contribution < 1.29 is 22.7 Å². The Morgan fingerprint density at radius 2 is 1.93 bits per heavy atom. The molecule has 1 aliphatic heterocycles. The molecule has 1 unspecified atom stereocenters. The van der Waals surface area contributed by atoms with E-state index in [2.05, 4.69) is 10.6 Å². The van der Waals surface area contributed by atoms with Crippen LogP contribution in [0.4, 0.5) is 4.79 Å².